The van der Waals surface area contributed by atoms with Crippen molar-refractivity contribution in [2.24, 2.45) is 0 Å². The van der Waals surface area contributed by atoms with E-state index in [9.17, 15) is 5.26 Å². The number of nitrogens with zero attached hydrogens (tertiary/aromatic N) is 2. The van der Waals surface area contributed by atoms with Crippen LogP contribution in [0.4, 0.5) is 5.69 Å². The Balaban J connectivity index is 2.53. The van der Waals surface area contributed by atoms with Crippen LogP contribution in [0, 0.1) is 11.3 Å². The zero-order valence-corrected chi connectivity index (χ0v) is 11.6. The first-order valence-corrected chi connectivity index (χ1v) is 6.86. The molecule has 0 N–H and O–H groups in total. The highest BCUT2D eigenvalue weighted by atomic mass is 32.2. The van der Waals surface area contributed by atoms with Crippen molar-refractivity contribution in [3.63, 3.8) is 0 Å². The lowest BCUT2D eigenvalue weighted by atomic mass is 9.99. The third-order valence-corrected chi connectivity index (χ3v) is 4.77. The summed E-state index contributed by atoms with van der Waals surface area (Å²) < 4.78 is 0. The standard InChI is InChI=1S/C14H18N2S/c1-9(2)11-6-5-7-12-14(11)16(4)10(3)13(8-15)17-12/h5-7,9-10,13H,1-4H3. The van der Waals surface area contributed by atoms with Crippen molar-refractivity contribution >= 4 is 17.4 Å². The Morgan fingerprint density at radius 3 is 2.71 bits per heavy atom. The normalized spacial score (nSPS) is 23.4. The molecule has 1 aliphatic rings. The predicted octanol–water partition coefficient (Wildman–Crippen LogP) is 3.63. The first-order chi connectivity index (χ1) is 8.06. The number of rotatable bonds is 1. The van der Waals surface area contributed by atoms with Crippen LogP contribution in [-0.4, -0.2) is 18.3 Å². The molecule has 90 valence electrons. The molecule has 1 aromatic carbocycles. The van der Waals surface area contributed by atoms with Gasteiger partial charge in [-0.2, -0.15) is 5.26 Å². The van der Waals surface area contributed by atoms with Crippen LogP contribution in [0.1, 0.15) is 32.3 Å². The lowest BCUT2D eigenvalue weighted by Crippen LogP contribution is -2.40. The van der Waals surface area contributed by atoms with Gasteiger partial charge in [0.1, 0.15) is 5.25 Å². The molecule has 0 aliphatic carbocycles. The molecule has 1 aliphatic heterocycles. The Kier molecular flexibility index (Phi) is 3.35. The maximum atomic E-state index is 9.19. The lowest BCUT2D eigenvalue weighted by molar-refractivity contribution is 0.687. The smallest absolute Gasteiger partial charge is 0.116 e. The summed E-state index contributed by atoms with van der Waals surface area (Å²) in [4.78, 5) is 3.50. The molecule has 1 heterocycles. The molecular formula is C14H18N2S. The zero-order chi connectivity index (χ0) is 12.6. The summed E-state index contributed by atoms with van der Waals surface area (Å²) >= 11 is 1.70. The van der Waals surface area contributed by atoms with E-state index in [1.54, 1.807) is 11.8 Å². The van der Waals surface area contributed by atoms with Crippen LogP contribution in [0.5, 0.6) is 0 Å². The molecule has 0 spiro atoms. The van der Waals surface area contributed by atoms with E-state index < -0.39 is 0 Å². The van der Waals surface area contributed by atoms with Crippen molar-refractivity contribution in [2.45, 2.75) is 42.9 Å². The molecule has 0 saturated carbocycles. The number of hydrogen-bond acceptors (Lipinski definition) is 3. The summed E-state index contributed by atoms with van der Waals surface area (Å²) in [5.41, 5.74) is 2.69. The summed E-state index contributed by atoms with van der Waals surface area (Å²) in [6, 6.07) is 9.07. The van der Waals surface area contributed by atoms with E-state index >= 15 is 0 Å². The molecule has 0 saturated heterocycles. The van der Waals surface area contributed by atoms with Crippen LogP contribution >= 0.6 is 11.8 Å². The fraction of sp³-hybridized carbons (Fsp3) is 0.500. The number of benzene rings is 1. The molecule has 2 rings (SSSR count). The van der Waals surface area contributed by atoms with Gasteiger partial charge in [0, 0.05) is 11.9 Å². The van der Waals surface area contributed by atoms with Crippen LogP contribution in [-0.2, 0) is 0 Å². The largest absolute Gasteiger partial charge is 0.369 e. The topological polar surface area (TPSA) is 27.0 Å². The van der Waals surface area contributed by atoms with E-state index in [1.807, 2.05) is 0 Å². The summed E-state index contributed by atoms with van der Waals surface area (Å²) in [6.07, 6.45) is 0. The quantitative estimate of drug-likeness (QED) is 0.757. The van der Waals surface area contributed by atoms with E-state index in [4.69, 9.17) is 0 Å². The third kappa shape index (κ3) is 2.02. The van der Waals surface area contributed by atoms with Gasteiger partial charge in [0.25, 0.3) is 0 Å². The molecule has 17 heavy (non-hydrogen) atoms. The van der Waals surface area contributed by atoms with E-state index in [-0.39, 0.29) is 11.3 Å². The van der Waals surface area contributed by atoms with Crippen molar-refractivity contribution in [1.29, 1.82) is 5.26 Å². The second kappa shape index (κ2) is 4.62. The van der Waals surface area contributed by atoms with Crippen LogP contribution in [0.25, 0.3) is 0 Å². The minimum absolute atomic E-state index is 0.0231. The average Bonchev–Trinajstić information content (AvgIpc) is 2.32. The van der Waals surface area contributed by atoms with Gasteiger partial charge in [-0.1, -0.05) is 26.0 Å². The van der Waals surface area contributed by atoms with Crippen LogP contribution in [0.2, 0.25) is 0 Å². The monoisotopic (exact) mass is 246 g/mol. The second-order valence-electron chi connectivity index (χ2n) is 4.87. The second-order valence-corrected chi connectivity index (χ2v) is 6.05. The molecule has 0 amide bonds. The van der Waals surface area contributed by atoms with E-state index in [1.165, 1.54) is 16.1 Å². The molecule has 0 bridgehead atoms. The lowest BCUT2D eigenvalue weighted by Gasteiger charge is -2.38. The predicted molar refractivity (Wildman–Crippen MR) is 73.7 cm³/mol. The van der Waals surface area contributed by atoms with E-state index in [0.717, 1.165) is 0 Å². The Hall–Kier alpha value is -1.14. The minimum Gasteiger partial charge on any atom is -0.369 e. The zero-order valence-electron chi connectivity index (χ0n) is 10.8. The summed E-state index contributed by atoms with van der Waals surface area (Å²) in [6.45, 7) is 6.56. The maximum Gasteiger partial charge on any atom is 0.116 e. The van der Waals surface area contributed by atoms with Crippen LogP contribution < -0.4 is 4.90 Å². The van der Waals surface area contributed by atoms with Gasteiger partial charge in [0.15, 0.2) is 0 Å². The molecule has 0 radical (unpaired) electrons. The van der Waals surface area contributed by atoms with Crippen molar-refractivity contribution in [1.82, 2.24) is 0 Å². The first-order valence-electron chi connectivity index (χ1n) is 5.98. The summed E-state index contributed by atoms with van der Waals surface area (Å²) in [7, 11) is 2.10. The third-order valence-electron chi connectivity index (χ3n) is 3.44. The summed E-state index contributed by atoms with van der Waals surface area (Å²) in [5, 5.41) is 9.21. The Morgan fingerprint density at radius 2 is 2.12 bits per heavy atom. The van der Waals surface area contributed by atoms with Gasteiger partial charge in [-0.15, -0.1) is 11.8 Å². The van der Waals surface area contributed by atoms with Gasteiger partial charge in [-0.3, -0.25) is 0 Å². The Morgan fingerprint density at radius 1 is 1.41 bits per heavy atom. The van der Waals surface area contributed by atoms with Crippen LogP contribution in [0.3, 0.4) is 0 Å². The van der Waals surface area contributed by atoms with Gasteiger partial charge in [-0.05, 0) is 24.5 Å². The van der Waals surface area contributed by atoms with Gasteiger partial charge in [0.2, 0.25) is 0 Å². The molecule has 1 aromatic rings. The number of anilines is 1. The number of para-hydroxylation sites is 1. The highest BCUT2D eigenvalue weighted by Crippen LogP contribution is 2.44. The highest BCUT2D eigenvalue weighted by Gasteiger charge is 2.31. The van der Waals surface area contributed by atoms with Gasteiger partial charge in [0.05, 0.1) is 17.8 Å². The molecule has 2 nitrogen and oxygen atoms in total. The molecule has 2 atom stereocenters. The van der Waals surface area contributed by atoms with Crippen molar-refractivity contribution in [2.75, 3.05) is 11.9 Å². The first kappa shape index (κ1) is 12.3. The molecule has 0 aromatic heterocycles. The molecular weight excluding hydrogens is 228 g/mol. The number of nitriles is 1. The van der Waals surface area contributed by atoms with E-state index in [0.29, 0.717) is 5.92 Å². The minimum atomic E-state index is 0.0231. The molecule has 0 fully saturated rings. The van der Waals surface area contributed by atoms with E-state index in [2.05, 4.69) is 57.0 Å². The maximum absolute atomic E-state index is 9.19. The summed E-state index contributed by atoms with van der Waals surface area (Å²) in [5.74, 6) is 0.513. The van der Waals surface area contributed by atoms with Crippen molar-refractivity contribution in [3.8, 4) is 6.07 Å². The van der Waals surface area contributed by atoms with Crippen molar-refractivity contribution in [3.05, 3.63) is 23.8 Å². The SMILES string of the molecule is CC(C)c1cccc2c1N(C)C(C)C(C#N)S2. The van der Waals surface area contributed by atoms with Gasteiger partial charge < -0.3 is 4.90 Å². The van der Waals surface area contributed by atoms with Crippen LogP contribution in [0.15, 0.2) is 23.1 Å². The molecule has 3 heteroatoms. The molecule has 2 unspecified atom stereocenters. The number of hydrogen-bond donors (Lipinski definition) is 0. The van der Waals surface area contributed by atoms with Gasteiger partial charge >= 0.3 is 0 Å². The number of fused-ring (bicyclic) bond motifs is 1. The van der Waals surface area contributed by atoms with Crippen molar-refractivity contribution < 1.29 is 0 Å². The Bertz CT molecular complexity index is 462. The Labute approximate surface area is 108 Å². The fourth-order valence-electron chi connectivity index (χ4n) is 2.25. The highest BCUT2D eigenvalue weighted by molar-refractivity contribution is 8.00. The van der Waals surface area contributed by atoms with Gasteiger partial charge in [-0.25, -0.2) is 0 Å². The number of thioether (sulfide) groups is 1. The fourth-order valence-corrected chi connectivity index (χ4v) is 3.49. The average molecular weight is 246 g/mol.